The zero-order chi connectivity index (χ0) is 35.2. The van der Waals surface area contributed by atoms with E-state index in [0.717, 1.165) is 33.6 Å². The number of hydrogen-bond donors (Lipinski definition) is 4. The molecule has 3 aromatic heterocycles. The zero-order valence-electron chi connectivity index (χ0n) is 28.9. The number of nitrogens with zero attached hydrogens (tertiary/aromatic N) is 5. The van der Waals surface area contributed by atoms with Crippen molar-refractivity contribution in [1.82, 2.24) is 46.2 Å². The molecule has 2 amide bonds. The maximum atomic E-state index is 11.0. The molecule has 4 aromatic rings. The topological polar surface area (TPSA) is 176 Å². The third-order valence-corrected chi connectivity index (χ3v) is 7.56. The van der Waals surface area contributed by atoms with Crippen LogP contribution in [0.4, 0.5) is 0 Å². The van der Waals surface area contributed by atoms with Crippen molar-refractivity contribution in [2.24, 2.45) is 0 Å². The first-order valence-electron chi connectivity index (χ1n) is 15.9. The number of aromatic nitrogens is 5. The molecule has 0 aliphatic heterocycles. The molecular formula is C34H45N9O6. The van der Waals surface area contributed by atoms with Gasteiger partial charge in [-0.15, -0.1) is 5.10 Å². The molecule has 0 saturated heterocycles. The molecule has 0 unspecified atom stereocenters. The van der Waals surface area contributed by atoms with E-state index in [2.05, 4.69) is 41.5 Å². The Morgan fingerprint density at radius 2 is 1.27 bits per heavy atom. The van der Waals surface area contributed by atoms with Crippen LogP contribution in [0.15, 0.2) is 42.5 Å². The van der Waals surface area contributed by atoms with Gasteiger partial charge in [-0.25, -0.2) is 4.68 Å². The summed E-state index contributed by atoms with van der Waals surface area (Å²) in [5, 5.41) is 20.8. The van der Waals surface area contributed by atoms with Crippen molar-refractivity contribution < 1.29 is 28.5 Å². The van der Waals surface area contributed by atoms with Gasteiger partial charge in [0.05, 0.1) is 25.6 Å². The predicted molar refractivity (Wildman–Crippen MR) is 182 cm³/mol. The van der Waals surface area contributed by atoms with Gasteiger partial charge in [0.1, 0.15) is 18.9 Å². The molecule has 4 rings (SSSR count). The van der Waals surface area contributed by atoms with E-state index in [1.54, 1.807) is 25.0 Å². The van der Waals surface area contributed by atoms with E-state index in [-0.39, 0.29) is 18.4 Å². The fourth-order valence-corrected chi connectivity index (χ4v) is 4.86. The molecular weight excluding hydrogens is 630 g/mol. The van der Waals surface area contributed by atoms with Gasteiger partial charge in [0.25, 0.3) is 0 Å². The van der Waals surface area contributed by atoms with Crippen molar-refractivity contribution in [3.63, 3.8) is 0 Å². The Morgan fingerprint density at radius 1 is 0.714 bits per heavy atom. The first-order valence-corrected chi connectivity index (χ1v) is 15.9. The highest BCUT2D eigenvalue weighted by Crippen LogP contribution is 2.25. The van der Waals surface area contributed by atoms with Crippen LogP contribution in [0.3, 0.4) is 0 Å². The monoisotopic (exact) mass is 675 g/mol. The molecule has 0 saturated carbocycles. The quantitative estimate of drug-likeness (QED) is 0.107. The van der Waals surface area contributed by atoms with E-state index >= 15 is 0 Å². The van der Waals surface area contributed by atoms with Crippen LogP contribution in [0, 0.1) is 13.8 Å². The summed E-state index contributed by atoms with van der Waals surface area (Å²) in [4.78, 5) is 31.1. The number of carbonyl (C=O) groups excluding carboxylic acids is 2. The van der Waals surface area contributed by atoms with Gasteiger partial charge in [0.2, 0.25) is 35.3 Å². The second kappa shape index (κ2) is 18.3. The minimum Gasteiger partial charge on any atom is -0.481 e. The van der Waals surface area contributed by atoms with Gasteiger partial charge in [-0.1, -0.05) is 17.3 Å². The minimum absolute atomic E-state index is 0.0602. The lowest BCUT2D eigenvalue weighted by atomic mass is 10.1. The van der Waals surface area contributed by atoms with E-state index in [4.69, 9.17) is 18.9 Å². The molecule has 0 bridgehead atoms. The number of carbonyl (C=O) groups is 2. The van der Waals surface area contributed by atoms with Gasteiger partial charge >= 0.3 is 0 Å². The normalized spacial score (nSPS) is 10.8. The van der Waals surface area contributed by atoms with Crippen LogP contribution in [0.25, 0.3) is 5.69 Å². The van der Waals surface area contributed by atoms with Gasteiger partial charge in [-0.3, -0.25) is 9.59 Å². The van der Waals surface area contributed by atoms with Crippen LogP contribution < -0.4 is 40.2 Å². The van der Waals surface area contributed by atoms with Crippen LogP contribution in [-0.2, 0) is 35.9 Å². The lowest BCUT2D eigenvalue weighted by Gasteiger charge is -2.14. The van der Waals surface area contributed by atoms with Gasteiger partial charge in [-0.2, -0.15) is 9.97 Å². The molecule has 0 atom stereocenters. The molecule has 49 heavy (non-hydrogen) atoms. The van der Waals surface area contributed by atoms with Gasteiger partial charge < -0.3 is 40.2 Å². The van der Waals surface area contributed by atoms with E-state index in [1.165, 1.54) is 13.8 Å². The van der Waals surface area contributed by atoms with Gasteiger partial charge in [0, 0.05) is 76.4 Å². The fourth-order valence-electron chi connectivity index (χ4n) is 4.86. The Morgan fingerprint density at radius 3 is 1.80 bits per heavy atom. The lowest BCUT2D eigenvalue weighted by molar-refractivity contribution is -0.119. The minimum atomic E-state index is -0.0630. The molecule has 1 aromatic carbocycles. The number of benzene rings is 1. The van der Waals surface area contributed by atoms with Gasteiger partial charge in [-0.05, 0) is 43.2 Å². The fraction of sp³-hybridized carbons (Fsp3) is 0.412. The Kier molecular flexibility index (Phi) is 13.7. The smallest absolute Gasteiger partial charge is 0.220 e. The summed E-state index contributed by atoms with van der Waals surface area (Å²) in [5.41, 5.74) is 6.09. The standard InChI is InChI=1S/C34H45N9O6/c1-22-28(20-48-31-12-10-26(33(39-31)46-5)18-35-14-16-37-24(3)44)8-7-9-30(22)43-23(2)29(41-42-43)21-49-32-13-11-27(34(40-32)47-6)19-36-15-17-38-25(4)45/h7-13,35-36H,14-21H2,1-6H3,(H,37,44)(H,38,45). The molecule has 15 heteroatoms. The molecule has 0 radical (unpaired) electrons. The molecule has 0 aliphatic rings. The Hall–Kier alpha value is -5.28. The van der Waals surface area contributed by atoms with E-state index in [0.29, 0.717) is 75.1 Å². The molecule has 262 valence electrons. The highest BCUT2D eigenvalue weighted by molar-refractivity contribution is 5.73. The predicted octanol–water partition coefficient (Wildman–Crippen LogP) is 2.30. The van der Waals surface area contributed by atoms with Crippen molar-refractivity contribution in [1.29, 1.82) is 0 Å². The van der Waals surface area contributed by atoms with Crippen LogP contribution >= 0.6 is 0 Å². The maximum Gasteiger partial charge on any atom is 0.220 e. The number of pyridine rings is 2. The lowest BCUT2D eigenvalue weighted by Crippen LogP contribution is -2.30. The van der Waals surface area contributed by atoms with E-state index < -0.39 is 0 Å². The Bertz CT molecular complexity index is 1710. The molecule has 3 heterocycles. The molecule has 4 N–H and O–H groups in total. The van der Waals surface area contributed by atoms with E-state index in [1.807, 2.05) is 50.2 Å². The van der Waals surface area contributed by atoms with Gasteiger partial charge in [0.15, 0.2) is 0 Å². The van der Waals surface area contributed by atoms with Crippen molar-refractivity contribution in [3.05, 3.63) is 76.1 Å². The number of hydrogen-bond acceptors (Lipinski definition) is 12. The number of methoxy groups -OCH3 is 2. The number of rotatable bonds is 19. The summed E-state index contributed by atoms with van der Waals surface area (Å²) < 4.78 is 24.8. The maximum absolute atomic E-state index is 11.0. The number of ether oxygens (including phenoxy) is 4. The van der Waals surface area contributed by atoms with Crippen molar-refractivity contribution in [2.45, 2.75) is 54.0 Å². The van der Waals surface area contributed by atoms with E-state index in [9.17, 15) is 9.59 Å². The molecule has 0 aliphatic carbocycles. The summed E-state index contributed by atoms with van der Waals surface area (Å²) in [6.07, 6.45) is 0. The first-order chi connectivity index (χ1) is 23.7. The first kappa shape index (κ1) is 36.6. The molecule has 15 nitrogen and oxygen atoms in total. The number of nitrogens with one attached hydrogen (secondary N) is 4. The Balaban J connectivity index is 1.35. The van der Waals surface area contributed by atoms with Crippen molar-refractivity contribution >= 4 is 11.8 Å². The van der Waals surface area contributed by atoms with Crippen LogP contribution in [0.2, 0.25) is 0 Å². The third kappa shape index (κ3) is 10.6. The molecule has 0 spiro atoms. The SMILES string of the molecule is COc1nc(OCc2cccc(-n3nnc(COc4ccc(CNCCNC(C)=O)c(OC)n4)c3C)c2C)ccc1CNCCNC(C)=O. The summed E-state index contributed by atoms with van der Waals surface area (Å²) in [7, 11) is 3.13. The molecule has 0 fully saturated rings. The highest BCUT2D eigenvalue weighted by atomic mass is 16.5. The summed E-state index contributed by atoms with van der Waals surface area (Å²) in [6.45, 7) is 10.8. The van der Waals surface area contributed by atoms with Crippen LogP contribution in [0.5, 0.6) is 23.5 Å². The third-order valence-electron chi connectivity index (χ3n) is 7.56. The average Bonchev–Trinajstić information content (AvgIpc) is 3.46. The highest BCUT2D eigenvalue weighted by Gasteiger charge is 2.16. The largest absolute Gasteiger partial charge is 0.481 e. The zero-order valence-corrected chi connectivity index (χ0v) is 28.9. The summed E-state index contributed by atoms with van der Waals surface area (Å²) >= 11 is 0. The van der Waals surface area contributed by atoms with Crippen LogP contribution in [0.1, 0.15) is 47.5 Å². The van der Waals surface area contributed by atoms with Crippen LogP contribution in [-0.4, -0.2) is 77.2 Å². The summed E-state index contributed by atoms with van der Waals surface area (Å²) in [5.74, 6) is 1.65. The second-order valence-electron chi connectivity index (χ2n) is 11.1. The average molecular weight is 676 g/mol. The second-order valence-corrected chi connectivity index (χ2v) is 11.1. The number of amides is 2. The van der Waals surface area contributed by atoms with Crippen molar-refractivity contribution in [3.8, 4) is 29.2 Å². The van der Waals surface area contributed by atoms with Crippen molar-refractivity contribution in [2.75, 3.05) is 40.4 Å². The summed E-state index contributed by atoms with van der Waals surface area (Å²) in [6, 6.07) is 13.3. The Labute approximate surface area is 286 Å².